The Morgan fingerprint density at radius 2 is 2.07 bits per heavy atom. The Morgan fingerprint density at radius 1 is 1.36 bits per heavy atom. The third kappa shape index (κ3) is 5.26. The maximum absolute atomic E-state index is 3.61. The van der Waals surface area contributed by atoms with Crippen LogP contribution in [-0.4, -0.2) is 24.1 Å². The molecule has 0 aliphatic heterocycles. The lowest BCUT2D eigenvalue weighted by molar-refractivity contribution is 0.519. The van der Waals surface area contributed by atoms with Crippen molar-refractivity contribution in [2.45, 2.75) is 46.1 Å². The number of hydrogen-bond acceptors (Lipinski definition) is 2. The van der Waals surface area contributed by atoms with Gasteiger partial charge in [-0.2, -0.15) is 11.8 Å². The standard InChI is InChI=1S/C12H25NS/c1-4-13-12(11-5-6-11)9-14-8-7-10(2)3/h10-13H,4-9H2,1-3H3. The normalized spacial score (nSPS) is 18.9. The summed E-state index contributed by atoms with van der Waals surface area (Å²) in [5.74, 6) is 4.53. The molecule has 1 saturated carbocycles. The highest BCUT2D eigenvalue weighted by Gasteiger charge is 2.30. The first-order valence-electron chi connectivity index (χ1n) is 6.05. The summed E-state index contributed by atoms with van der Waals surface area (Å²) in [6, 6.07) is 0.803. The van der Waals surface area contributed by atoms with Gasteiger partial charge in [-0.15, -0.1) is 0 Å². The third-order valence-electron chi connectivity index (χ3n) is 2.79. The summed E-state index contributed by atoms with van der Waals surface area (Å²) in [4.78, 5) is 0. The van der Waals surface area contributed by atoms with Gasteiger partial charge < -0.3 is 5.32 Å². The molecule has 0 aromatic carbocycles. The highest BCUT2D eigenvalue weighted by atomic mass is 32.2. The minimum absolute atomic E-state index is 0.803. The molecule has 84 valence electrons. The van der Waals surface area contributed by atoms with Gasteiger partial charge in [0, 0.05) is 11.8 Å². The van der Waals surface area contributed by atoms with Crippen LogP contribution in [0, 0.1) is 11.8 Å². The van der Waals surface area contributed by atoms with Crippen LogP contribution in [0.3, 0.4) is 0 Å². The van der Waals surface area contributed by atoms with Gasteiger partial charge in [0.05, 0.1) is 0 Å². The molecule has 1 fully saturated rings. The lowest BCUT2D eigenvalue weighted by Crippen LogP contribution is -2.33. The summed E-state index contributed by atoms with van der Waals surface area (Å²) in [6.45, 7) is 7.96. The van der Waals surface area contributed by atoms with Crippen LogP contribution >= 0.6 is 11.8 Å². The predicted octanol–water partition coefficient (Wildman–Crippen LogP) is 3.15. The number of nitrogens with one attached hydrogen (secondary N) is 1. The molecule has 0 heterocycles. The molecule has 0 aromatic rings. The Balaban J connectivity index is 2.01. The Labute approximate surface area is 93.4 Å². The van der Waals surface area contributed by atoms with E-state index in [1.54, 1.807) is 0 Å². The zero-order chi connectivity index (χ0) is 10.4. The fourth-order valence-corrected chi connectivity index (χ4v) is 3.10. The van der Waals surface area contributed by atoms with Gasteiger partial charge >= 0.3 is 0 Å². The quantitative estimate of drug-likeness (QED) is 0.624. The molecule has 0 bridgehead atoms. The van der Waals surface area contributed by atoms with Gasteiger partial charge in [-0.05, 0) is 43.4 Å². The van der Waals surface area contributed by atoms with Crippen molar-refractivity contribution >= 4 is 11.8 Å². The van der Waals surface area contributed by atoms with Crippen molar-refractivity contribution in [1.29, 1.82) is 0 Å². The van der Waals surface area contributed by atoms with E-state index < -0.39 is 0 Å². The van der Waals surface area contributed by atoms with Crippen molar-refractivity contribution in [1.82, 2.24) is 5.32 Å². The van der Waals surface area contributed by atoms with E-state index in [1.807, 2.05) is 0 Å². The van der Waals surface area contributed by atoms with Gasteiger partial charge in [0.15, 0.2) is 0 Å². The average molecular weight is 215 g/mol. The van der Waals surface area contributed by atoms with Crippen LogP contribution in [0.15, 0.2) is 0 Å². The van der Waals surface area contributed by atoms with Crippen molar-refractivity contribution in [3.63, 3.8) is 0 Å². The first-order chi connectivity index (χ1) is 6.74. The molecule has 1 aliphatic carbocycles. The van der Waals surface area contributed by atoms with E-state index in [-0.39, 0.29) is 0 Å². The molecule has 1 rings (SSSR count). The summed E-state index contributed by atoms with van der Waals surface area (Å²) >= 11 is 2.14. The van der Waals surface area contributed by atoms with Crippen molar-refractivity contribution in [2.75, 3.05) is 18.1 Å². The molecule has 0 aromatic heterocycles. The third-order valence-corrected chi connectivity index (χ3v) is 3.91. The molecular formula is C12H25NS. The molecule has 1 nitrogen and oxygen atoms in total. The summed E-state index contributed by atoms with van der Waals surface area (Å²) in [6.07, 6.45) is 4.29. The van der Waals surface area contributed by atoms with Crippen molar-refractivity contribution in [3.8, 4) is 0 Å². The highest BCUT2D eigenvalue weighted by Crippen LogP contribution is 2.34. The molecule has 1 N–H and O–H groups in total. The van der Waals surface area contributed by atoms with E-state index in [4.69, 9.17) is 0 Å². The molecule has 1 aliphatic rings. The Morgan fingerprint density at radius 3 is 2.57 bits per heavy atom. The van der Waals surface area contributed by atoms with Gasteiger partial charge in [-0.1, -0.05) is 20.8 Å². The second-order valence-corrected chi connectivity index (χ2v) is 5.91. The van der Waals surface area contributed by atoms with E-state index in [1.165, 1.54) is 30.8 Å². The molecular weight excluding hydrogens is 190 g/mol. The maximum atomic E-state index is 3.61. The second kappa shape index (κ2) is 6.73. The minimum atomic E-state index is 0.803. The van der Waals surface area contributed by atoms with E-state index in [2.05, 4.69) is 37.8 Å². The number of thioether (sulfide) groups is 1. The Kier molecular flexibility index (Phi) is 5.95. The van der Waals surface area contributed by atoms with Gasteiger partial charge in [0.2, 0.25) is 0 Å². The van der Waals surface area contributed by atoms with Gasteiger partial charge in [0.1, 0.15) is 0 Å². The van der Waals surface area contributed by atoms with Crippen molar-refractivity contribution < 1.29 is 0 Å². The van der Waals surface area contributed by atoms with Crippen LogP contribution in [0.25, 0.3) is 0 Å². The molecule has 14 heavy (non-hydrogen) atoms. The first-order valence-corrected chi connectivity index (χ1v) is 7.20. The summed E-state index contributed by atoms with van der Waals surface area (Å²) in [5.41, 5.74) is 0. The molecule has 1 atom stereocenters. The van der Waals surface area contributed by atoms with Crippen LogP contribution in [0.5, 0.6) is 0 Å². The van der Waals surface area contributed by atoms with E-state index in [0.29, 0.717) is 0 Å². The largest absolute Gasteiger partial charge is 0.313 e. The van der Waals surface area contributed by atoms with E-state index in [0.717, 1.165) is 24.4 Å². The van der Waals surface area contributed by atoms with Crippen molar-refractivity contribution in [2.24, 2.45) is 11.8 Å². The molecule has 0 amide bonds. The maximum Gasteiger partial charge on any atom is 0.0186 e. The molecule has 2 heteroatoms. The molecule has 0 radical (unpaired) electrons. The van der Waals surface area contributed by atoms with Crippen LogP contribution < -0.4 is 5.32 Å². The first kappa shape index (κ1) is 12.4. The topological polar surface area (TPSA) is 12.0 Å². The van der Waals surface area contributed by atoms with Gasteiger partial charge in [-0.3, -0.25) is 0 Å². The average Bonchev–Trinajstić information content (AvgIpc) is 2.93. The molecule has 0 spiro atoms. The van der Waals surface area contributed by atoms with Crippen molar-refractivity contribution in [3.05, 3.63) is 0 Å². The Hall–Kier alpha value is 0.310. The van der Waals surface area contributed by atoms with Crippen LogP contribution in [-0.2, 0) is 0 Å². The van der Waals surface area contributed by atoms with E-state index in [9.17, 15) is 0 Å². The molecule has 1 unspecified atom stereocenters. The zero-order valence-corrected chi connectivity index (χ0v) is 10.7. The highest BCUT2D eigenvalue weighted by molar-refractivity contribution is 7.99. The number of rotatable bonds is 8. The predicted molar refractivity (Wildman–Crippen MR) is 67.0 cm³/mol. The summed E-state index contributed by atoms with van der Waals surface area (Å²) in [7, 11) is 0. The van der Waals surface area contributed by atoms with Crippen LogP contribution in [0.4, 0.5) is 0 Å². The van der Waals surface area contributed by atoms with Gasteiger partial charge in [-0.25, -0.2) is 0 Å². The minimum Gasteiger partial charge on any atom is -0.313 e. The van der Waals surface area contributed by atoms with E-state index >= 15 is 0 Å². The molecule has 0 saturated heterocycles. The number of hydrogen-bond donors (Lipinski definition) is 1. The lowest BCUT2D eigenvalue weighted by Gasteiger charge is -2.16. The zero-order valence-electron chi connectivity index (χ0n) is 9.88. The van der Waals surface area contributed by atoms with Gasteiger partial charge in [0.25, 0.3) is 0 Å². The summed E-state index contributed by atoms with van der Waals surface area (Å²) < 4.78 is 0. The fourth-order valence-electron chi connectivity index (χ4n) is 1.65. The van der Waals surface area contributed by atoms with Crippen LogP contribution in [0.2, 0.25) is 0 Å². The SMILES string of the molecule is CCNC(CSCCC(C)C)C1CC1. The summed E-state index contributed by atoms with van der Waals surface area (Å²) in [5, 5.41) is 3.61. The fraction of sp³-hybridized carbons (Fsp3) is 1.00. The second-order valence-electron chi connectivity index (χ2n) is 4.76. The Bertz CT molecular complexity index is 143. The smallest absolute Gasteiger partial charge is 0.0186 e. The van der Waals surface area contributed by atoms with Crippen LogP contribution in [0.1, 0.15) is 40.0 Å². The lowest BCUT2D eigenvalue weighted by atomic mass is 10.2. The monoisotopic (exact) mass is 215 g/mol.